The van der Waals surface area contributed by atoms with Gasteiger partial charge in [0.15, 0.2) is 0 Å². The lowest BCUT2D eigenvalue weighted by molar-refractivity contribution is -0.137. The van der Waals surface area contributed by atoms with Gasteiger partial charge in [0.25, 0.3) is 0 Å². The normalized spacial score (nSPS) is 16.6. The summed E-state index contributed by atoms with van der Waals surface area (Å²) >= 11 is 0. The minimum absolute atomic E-state index is 0.110. The first-order valence-corrected chi connectivity index (χ1v) is 6.03. The monoisotopic (exact) mass is 234 g/mol. The van der Waals surface area contributed by atoms with Crippen molar-refractivity contribution < 1.29 is 14.6 Å². The molecule has 17 heavy (non-hydrogen) atoms. The summed E-state index contributed by atoms with van der Waals surface area (Å²) in [6.07, 6.45) is 2.20. The van der Waals surface area contributed by atoms with E-state index < -0.39 is 5.97 Å². The molecule has 0 spiro atoms. The first kappa shape index (κ1) is 12.0. The van der Waals surface area contributed by atoms with Crippen molar-refractivity contribution >= 4 is 5.97 Å². The summed E-state index contributed by atoms with van der Waals surface area (Å²) in [7, 11) is 0. The topological polar surface area (TPSA) is 46.5 Å². The van der Waals surface area contributed by atoms with Crippen molar-refractivity contribution in [1.29, 1.82) is 0 Å². The van der Waals surface area contributed by atoms with E-state index in [0.29, 0.717) is 6.61 Å². The lowest BCUT2D eigenvalue weighted by atomic mass is 9.89. The summed E-state index contributed by atoms with van der Waals surface area (Å²) in [5.41, 5.74) is 2.19. The van der Waals surface area contributed by atoms with E-state index in [1.165, 1.54) is 5.56 Å². The number of hydrogen-bond acceptors (Lipinski definition) is 2. The lowest BCUT2D eigenvalue weighted by Gasteiger charge is -2.17. The van der Waals surface area contributed by atoms with Crippen LogP contribution in [0.25, 0.3) is 0 Å². The van der Waals surface area contributed by atoms with Crippen LogP contribution in [-0.4, -0.2) is 17.7 Å². The average Bonchev–Trinajstić information content (AvgIpc) is 2.98. The summed E-state index contributed by atoms with van der Waals surface area (Å²) < 4.78 is 5.44. The number of rotatable bonds is 5. The molecular weight excluding hydrogens is 216 g/mol. The molecule has 0 bridgehead atoms. The predicted molar refractivity (Wildman–Crippen MR) is 65.5 cm³/mol. The third-order valence-electron chi connectivity index (χ3n) is 3.42. The number of carboxylic acid groups (broad SMARTS) is 1. The Hall–Kier alpha value is -1.51. The number of benzene rings is 1. The number of aliphatic carboxylic acids is 1. The number of carboxylic acids is 1. The highest BCUT2D eigenvalue weighted by atomic mass is 16.5. The van der Waals surface area contributed by atoms with Gasteiger partial charge in [-0.3, -0.25) is 4.79 Å². The van der Waals surface area contributed by atoms with E-state index in [2.05, 4.69) is 0 Å². The molecule has 0 aromatic heterocycles. The minimum atomic E-state index is -0.712. The van der Waals surface area contributed by atoms with Crippen molar-refractivity contribution in [1.82, 2.24) is 0 Å². The maximum atomic E-state index is 10.9. The predicted octanol–water partition coefficient (Wildman–Crippen LogP) is 2.90. The fourth-order valence-corrected chi connectivity index (χ4v) is 2.47. The molecule has 1 aromatic rings. The van der Waals surface area contributed by atoms with Crippen molar-refractivity contribution in [2.24, 2.45) is 0 Å². The number of ether oxygens (including phenoxy) is 1. The quantitative estimate of drug-likeness (QED) is 0.852. The van der Waals surface area contributed by atoms with Crippen LogP contribution in [-0.2, 0) is 10.2 Å². The van der Waals surface area contributed by atoms with E-state index in [4.69, 9.17) is 9.84 Å². The van der Waals surface area contributed by atoms with Gasteiger partial charge in [-0.1, -0.05) is 6.07 Å². The van der Waals surface area contributed by atoms with Crippen LogP contribution in [0.3, 0.4) is 0 Å². The van der Waals surface area contributed by atoms with Crippen LogP contribution in [0.2, 0.25) is 0 Å². The van der Waals surface area contributed by atoms with E-state index in [1.54, 1.807) is 0 Å². The van der Waals surface area contributed by atoms with Crippen molar-refractivity contribution in [3.05, 3.63) is 29.3 Å². The van der Waals surface area contributed by atoms with Gasteiger partial charge in [0.05, 0.1) is 13.0 Å². The van der Waals surface area contributed by atoms with Crippen molar-refractivity contribution in [3.63, 3.8) is 0 Å². The Morgan fingerprint density at radius 3 is 2.65 bits per heavy atom. The molecule has 2 rings (SSSR count). The van der Waals surface area contributed by atoms with Gasteiger partial charge >= 0.3 is 5.97 Å². The number of carbonyl (C=O) groups is 1. The van der Waals surface area contributed by atoms with Gasteiger partial charge < -0.3 is 9.84 Å². The molecule has 1 aliphatic rings. The van der Waals surface area contributed by atoms with Crippen molar-refractivity contribution in [2.45, 2.75) is 38.5 Å². The molecule has 1 saturated carbocycles. The van der Waals surface area contributed by atoms with Crippen LogP contribution in [0.5, 0.6) is 5.75 Å². The molecule has 1 aromatic carbocycles. The molecule has 0 saturated heterocycles. The zero-order valence-corrected chi connectivity index (χ0v) is 10.3. The molecule has 1 aliphatic carbocycles. The lowest BCUT2D eigenvalue weighted by Crippen LogP contribution is -2.14. The van der Waals surface area contributed by atoms with Crippen LogP contribution >= 0.6 is 0 Å². The largest absolute Gasteiger partial charge is 0.494 e. The fourth-order valence-electron chi connectivity index (χ4n) is 2.47. The molecule has 92 valence electrons. The summed E-state index contributed by atoms with van der Waals surface area (Å²) in [4.78, 5) is 10.9. The molecule has 1 N–H and O–H groups in total. The van der Waals surface area contributed by atoms with E-state index in [0.717, 1.165) is 24.2 Å². The maximum Gasteiger partial charge on any atom is 0.304 e. The van der Waals surface area contributed by atoms with Gasteiger partial charge in [0.1, 0.15) is 5.75 Å². The average molecular weight is 234 g/mol. The summed E-state index contributed by atoms with van der Waals surface area (Å²) in [5, 5.41) is 8.96. The molecule has 0 aliphatic heterocycles. The first-order chi connectivity index (χ1) is 8.07. The molecule has 0 heterocycles. The maximum absolute atomic E-state index is 10.9. The van der Waals surface area contributed by atoms with Crippen molar-refractivity contribution in [2.75, 3.05) is 6.61 Å². The van der Waals surface area contributed by atoms with E-state index in [-0.39, 0.29) is 11.8 Å². The molecule has 3 heteroatoms. The molecule has 0 radical (unpaired) electrons. The Morgan fingerprint density at radius 2 is 2.18 bits per heavy atom. The van der Waals surface area contributed by atoms with Gasteiger partial charge in [-0.2, -0.15) is 0 Å². The fraction of sp³-hybridized carbons (Fsp3) is 0.500. The zero-order chi connectivity index (χ0) is 12.5. The summed E-state index contributed by atoms with van der Waals surface area (Å²) in [5.74, 6) is 0.149. The molecule has 0 unspecified atom stereocenters. The van der Waals surface area contributed by atoms with Crippen LogP contribution in [0.1, 0.15) is 37.3 Å². The highest BCUT2D eigenvalue weighted by Gasteiger charge is 2.46. The Balaban J connectivity index is 2.24. The Labute approximate surface area is 101 Å². The number of aryl methyl sites for hydroxylation is 1. The second kappa shape index (κ2) is 4.40. The van der Waals surface area contributed by atoms with Gasteiger partial charge in [0.2, 0.25) is 0 Å². The smallest absolute Gasteiger partial charge is 0.304 e. The molecule has 1 fully saturated rings. The molecule has 0 atom stereocenters. The molecular formula is C14H18O3. The molecule has 3 nitrogen and oxygen atoms in total. The zero-order valence-electron chi connectivity index (χ0n) is 10.3. The number of hydrogen-bond donors (Lipinski definition) is 1. The highest BCUT2D eigenvalue weighted by Crippen LogP contribution is 2.52. The Kier molecular flexibility index (Phi) is 3.09. The SMILES string of the molecule is CCOc1ccc(C2(CC(=O)O)CC2)c(C)c1. The van der Waals surface area contributed by atoms with Crippen LogP contribution in [0.15, 0.2) is 18.2 Å². The van der Waals surface area contributed by atoms with Gasteiger partial charge in [-0.25, -0.2) is 0 Å². The van der Waals surface area contributed by atoms with Crippen molar-refractivity contribution in [3.8, 4) is 5.75 Å². The summed E-state index contributed by atoms with van der Waals surface area (Å²) in [6, 6.07) is 5.96. The highest BCUT2D eigenvalue weighted by molar-refractivity contribution is 5.70. The minimum Gasteiger partial charge on any atom is -0.494 e. The van der Waals surface area contributed by atoms with Gasteiger partial charge in [-0.15, -0.1) is 0 Å². The molecule has 0 amide bonds. The third-order valence-corrected chi connectivity index (χ3v) is 3.42. The Morgan fingerprint density at radius 1 is 1.47 bits per heavy atom. The van der Waals surface area contributed by atoms with E-state index in [9.17, 15) is 4.79 Å². The second-order valence-electron chi connectivity index (χ2n) is 4.76. The van der Waals surface area contributed by atoms with E-state index in [1.807, 2.05) is 32.0 Å². The van der Waals surface area contributed by atoms with Crippen LogP contribution in [0.4, 0.5) is 0 Å². The third kappa shape index (κ3) is 2.43. The second-order valence-corrected chi connectivity index (χ2v) is 4.76. The summed E-state index contributed by atoms with van der Waals surface area (Å²) in [6.45, 7) is 4.63. The first-order valence-electron chi connectivity index (χ1n) is 6.03. The van der Waals surface area contributed by atoms with Gasteiger partial charge in [0, 0.05) is 5.41 Å². The van der Waals surface area contributed by atoms with Crippen LogP contribution in [0, 0.1) is 6.92 Å². The van der Waals surface area contributed by atoms with E-state index >= 15 is 0 Å². The van der Waals surface area contributed by atoms with Gasteiger partial charge in [-0.05, 0) is 49.9 Å². The Bertz CT molecular complexity index is 433. The van der Waals surface area contributed by atoms with Crippen LogP contribution < -0.4 is 4.74 Å². The standard InChI is InChI=1S/C14H18O3/c1-3-17-11-4-5-12(10(2)8-11)14(6-7-14)9-13(15)16/h4-5,8H,3,6-7,9H2,1-2H3,(H,15,16).